The predicted octanol–water partition coefficient (Wildman–Crippen LogP) is 6.31. The molecule has 1 atom stereocenters. The van der Waals surface area contributed by atoms with Crippen LogP contribution in [0.4, 0.5) is 5.69 Å². The largest absolute Gasteiger partial charge is 0.494 e. The lowest BCUT2D eigenvalue weighted by Crippen LogP contribution is -2.52. The summed E-state index contributed by atoms with van der Waals surface area (Å²) < 4.78 is 34.4. The van der Waals surface area contributed by atoms with Gasteiger partial charge in [0.15, 0.2) is 0 Å². The minimum Gasteiger partial charge on any atom is -0.494 e. The topological polar surface area (TPSA) is 96.0 Å². The molecule has 0 fully saturated rings. The van der Waals surface area contributed by atoms with Crippen LogP contribution >= 0.6 is 23.2 Å². The number of carbonyl (C=O) groups excluding carboxylic acids is 2. The lowest BCUT2D eigenvalue weighted by atomic mass is 10.1. The van der Waals surface area contributed by atoms with Gasteiger partial charge >= 0.3 is 0 Å². The fraction of sp³-hybridized carbons (Fsp3) is 0.355. The highest BCUT2D eigenvalue weighted by Gasteiger charge is 2.34. The summed E-state index contributed by atoms with van der Waals surface area (Å²) in [6.45, 7) is 5.92. The quantitative estimate of drug-likeness (QED) is 0.198. The van der Waals surface area contributed by atoms with E-state index in [0.29, 0.717) is 40.9 Å². The van der Waals surface area contributed by atoms with Gasteiger partial charge in [-0.25, -0.2) is 8.42 Å². The van der Waals surface area contributed by atoms with E-state index in [1.165, 1.54) is 17.0 Å². The van der Waals surface area contributed by atoms with E-state index in [9.17, 15) is 18.0 Å². The maximum atomic E-state index is 14.2. The molecule has 1 N–H and O–H groups in total. The number of hydrogen-bond acceptors (Lipinski definition) is 5. The zero-order valence-electron chi connectivity index (χ0n) is 24.1. The fourth-order valence-electron chi connectivity index (χ4n) is 4.40. The Bertz CT molecular complexity index is 1420. The van der Waals surface area contributed by atoms with Crippen molar-refractivity contribution in [3.05, 3.63) is 88.4 Å². The second-order valence-corrected chi connectivity index (χ2v) is 12.2. The van der Waals surface area contributed by atoms with Gasteiger partial charge in [-0.1, -0.05) is 67.7 Å². The number of sulfonamides is 1. The molecular weight excluding hydrogens is 597 g/mol. The number of nitrogens with one attached hydrogen (secondary N) is 1. The van der Waals surface area contributed by atoms with Crippen molar-refractivity contribution in [1.29, 1.82) is 0 Å². The van der Waals surface area contributed by atoms with Crippen molar-refractivity contribution in [1.82, 2.24) is 10.2 Å². The Labute approximate surface area is 258 Å². The van der Waals surface area contributed by atoms with Gasteiger partial charge in [-0.05, 0) is 68.3 Å². The van der Waals surface area contributed by atoms with E-state index in [2.05, 4.69) is 5.32 Å². The number of ether oxygens (including phenoxy) is 1. The van der Waals surface area contributed by atoms with Gasteiger partial charge in [-0.3, -0.25) is 13.9 Å². The summed E-state index contributed by atoms with van der Waals surface area (Å²) in [6.07, 6.45) is 1.97. The first-order valence-corrected chi connectivity index (χ1v) is 16.1. The molecule has 8 nitrogen and oxygen atoms in total. The number of amides is 2. The van der Waals surface area contributed by atoms with Crippen LogP contribution in [0.1, 0.15) is 45.6 Å². The number of rotatable bonds is 15. The molecule has 0 aromatic heterocycles. The maximum absolute atomic E-state index is 14.2. The number of halogens is 2. The first-order chi connectivity index (χ1) is 20.1. The highest BCUT2D eigenvalue weighted by atomic mass is 35.5. The summed E-state index contributed by atoms with van der Waals surface area (Å²) in [7, 11) is -4.17. The van der Waals surface area contributed by atoms with Crippen molar-refractivity contribution in [2.75, 3.05) is 24.0 Å². The van der Waals surface area contributed by atoms with Crippen molar-refractivity contribution in [3.63, 3.8) is 0 Å². The highest BCUT2D eigenvalue weighted by Crippen LogP contribution is 2.29. The van der Waals surface area contributed by atoms with Gasteiger partial charge in [-0.2, -0.15) is 0 Å². The predicted molar refractivity (Wildman–Crippen MR) is 168 cm³/mol. The van der Waals surface area contributed by atoms with Crippen LogP contribution < -0.4 is 14.4 Å². The lowest BCUT2D eigenvalue weighted by Gasteiger charge is -2.33. The second-order valence-electron chi connectivity index (χ2n) is 9.54. The minimum atomic E-state index is -4.17. The standard InChI is InChI=1S/C31H37Cl2N3O5S/c1-4-7-20-34-31(38)29(5-2)35(21-26-27(32)14-11-15-28(26)33)30(37)22-36(23-16-18-24(19-17-23)41-6-3)42(39,40)25-12-9-8-10-13-25/h8-19,29H,4-7,20-22H2,1-3H3,(H,34,38)/t29-/m1/s1. The molecule has 0 saturated heterocycles. The lowest BCUT2D eigenvalue weighted by molar-refractivity contribution is -0.140. The fourth-order valence-corrected chi connectivity index (χ4v) is 6.36. The zero-order chi connectivity index (χ0) is 30.7. The Morgan fingerprint density at radius 3 is 2.12 bits per heavy atom. The average molecular weight is 635 g/mol. The van der Waals surface area contributed by atoms with Crippen LogP contribution in [0, 0.1) is 0 Å². The van der Waals surface area contributed by atoms with Crippen LogP contribution in [-0.4, -0.2) is 50.9 Å². The van der Waals surface area contributed by atoms with Crippen molar-refractivity contribution in [2.24, 2.45) is 0 Å². The van der Waals surface area contributed by atoms with E-state index in [4.69, 9.17) is 27.9 Å². The van der Waals surface area contributed by atoms with Crippen LogP contribution in [0.2, 0.25) is 10.0 Å². The van der Waals surface area contributed by atoms with Crippen molar-refractivity contribution < 1.29 is 22.7 Å². The number of nitrogens with zero attached hydrogens (tertiary/aromatic N) is 2. The zero-order valence-corrected chi connectivity index (χ0v) is 26.4. The summed E-state index contributed by atoms with van der Waals surface area (Å²) in [6, 6.07) is 18.5. The molecule has 226 valence electrons. The SMILES string of the molecule is CCCCNC(=O)[C@@H](CC)N(Cc1c(Cl)cccc1Cl)C(=O)CN(c1ccc(OCC)cc1)S(=O)(=O)c1ccccc1. The normalized spacial score (nSPS) is 11.9. The molecule has 3 aromatic rings. The molecule has 11 heteroatoms. The third-order valence-electron chi connectivity index (χ3n) is 6.65. The van der Waals surface area contributed by atoms with Crippen LogP contribution in [-0.2, 0) is 26.2 Å². The molecule has 3 rings (SSSR count). The van der Waals surface area contributed by atoms with Crippen molar-refractivity contribution in [2.45, 2.75) is 57.5 Å². The minimum absolute atomic E-state index is 0.0248. The molecule has 0 radical (unpaired) electrons. The molecule has 3 aromatic carbocycles. The number of unbranched alkanes of at least 4 members (excludes halogenated alkanes) is 1. The Morgan fingerprint density at radius 2 is 1.55 bits per heavy atom. The van der Waals surface area contributed by atoms with Gasteiger partial charge in [0.1, 0.15) is 18.3 Å². The van der Waals surface area contributed by atoms with E-state index in [1.54, 1.807) is 67.6 Å². The highest BCUT2D eigenvalue weighted by molar-refractivity contribution is 7.92. The van der Waals surface area contributed by atoms with E-state index in [-0.39, 0.29) is 23.0 Å². The van der Waals surface area contributed by atoms with E-state index >= 15 is 0 Å². The van der Waals surface area contributed by atoms with E-state index in [0.717, 1.165) is 17.1 Å². The molecule has 0 spiro atoms. The molecule has 0 bridgehead atoms. The first kappa shape index (κ1) is 33.2. The van der Waals surface area contributed by atoms with E-state index in [1.807, 2.05) is 13.8 Å². The number of hydrogen-bond donors (Lipinski definition) is 1. The molecule has 0 aliphatic carbocycles. The van der Waals surface area contributed by atoms with Gasteiger partial charge in [0, 0.05) is 28.7 Å². The molecule has 0 saturated carbocycles. The number of carbonyl (C=O) groups is 2. The monoisotopic (exact) mass is 633 g/mol. The average Bonchev–Trinajstić information content (AvgIpc) is 2.98. The molecular formula is C31H37Cl2N3O5S. The molecule has 0 aliphatic heterocycles. The first-order valence-electron chi connectivity index (χ1n) is 13.9. The maximum Gasteiger partial charge on any atom is 0.264 e. The van der Waals surface area contributed by atoms with E-state index < -0.39 is 28.5 Å². The third kappa shape index (κ3) is 8.40. The Balaban J connectivity index is 2.06. The molecule has 2 amide bonds. The summed E-state index contributed by atoms with van der Waals surface area (Å²) in [5.41, 5.74) is 0.736. The van der Waals surface area contributed by atoms with Crippen LogP contribution in [0.25, 0.3) is 0 Å². The summed E-state index contributed by atoms with van der Waals surface area (Å²) >= 11 is 12.9. The molecule has 0 unspecified atom stereocenters. The summed E-state index contributed by atoms with van der Waals surface area (Å²) in [5, 5.41) is 3.57. The Morgan fingerprint density at radius 1 is 0.905 bits per heavy atom. The van der Waals surface area contributed by atoms with Gasteiger partial charge in [-0.15, -0.1) is 0 Å². The molecule has 42 heavy (non-hydrogen) atoms. The van der Waals surface area contributed by atoms with Crippen LogP contribution in [0.15, 0.2) is 77.7 Å². The van der Waals surface area contributed by atoms with Crippen molar-refractivity contribution in [3.8, 4) is 5.75 Å². The van der Waals surface area contributed by atoms with Gasteiger partial charge < -0.3 is 15.0 Å². The van der Waals surface area contributed by atoms with Gasteiger partial charge in [0.2, 0.25) is 11.8 Å². The Hall–Kier alpha value is -3.27. The smallest absolute Gasteiger partial charge is 0.264 e. The summed E-state index contributed by atoms with van der Waals surface area (Å²) in [4.78, 5) is 28.9. The number of anilines is 1. The van der Waals surface area contributed by atoms with Gasteiger partial charge in [0.05, 0.1) is 17.2 Å². The number of benzene rings is 3. The van der Waals surface area contributed by atoms with Gasteiger partial charge in [0.25, 0.3) is 10.0 Å². The second kappa shape index (κ2) is 15.8. The molecule has 0 aliphatic rings. The Kier molecular flexibility index (Phi) is 12.5. The summed E-state index contributed by atoms with van der Waals surface area (Å²) in [5.74, 6) is -0.354. The van der Waals surface area contributed by atoms with Crippen molar-refractivity contribution >= 4 is 50.7 Å². The van der Waals surface area contributed by atoms with Crippen LogP contribution in [0.3, 0.4) is 0 Å². The van der Waals surface area contributed by atoms with Crippen LogP contribution in [0.5, 0.6) is 5.75 Å². The third-order valence-corrected chi connectivity index (χ3v) is 9.15. The molecule has 0 heterocycles.